The van der Waals surface area contributed by atoms with Crippen molar-refractivity contribution in [1.82, 2.24) is 5.01 Å². The van der Waals surface area contributed by atoms with Gasteiger partial charge in [-0.25, -0.2) is 0 Å². The van der Waals surface area contributed by atoms with Crippen molar-refractivity contribution in [2.45, 2.75) is 20.0 Å². The molecule has 174 valence electrons. The minimum atomic E-state index is -0.565. The number of amides is 2. The first-order chi connectivity index (χ1) is 16.4. The van der Waals surface area contributed by atoms with Gasteiger partial charge in [-0.05, 0) is 36.8 Å². The fourth-order valence-corrected chi connectivity index (χ4v) is 5.08. The third kappa shape index (κ3) is 3.63. The van der Waals surface area contributed by atoms with E-state index in [4.69, 9.17) is 9.47 Å². The summed E-state index contributed by atoms with van der Waals surface area (Å²) < 4.78 is 11.1. The van der Waals surface area contributed by atoms with Gasteiger partial charge in [0.1, 0.15) is 6.61 Å². The van der Waals surface area contributed by atoms with E-state index in [1.54, 1.807) is 0 Å². The van der Waals surface area contributed by atoms with E-state index in [1.165, 1.54) is 25.5 Å². The highest BCUT2D eigenvalue weighted by Gasteiger charge is 2.59. The normalized spacial score (nSPS) is 24.8. The molecule has 1 saturated carbocycles. The SMILES string of the molecule is COc1cc(C=NN2C(=O)C3C4C=CC(C4)C3C2=O)cc([N+](=O)[O-])c1OCc1ccc(C)cc1. The van der Waals surface area contributed by atoms with Gasteiger partial charge in [-0.2, -0.15) is 10.1 Å². The van der Waals surface area contributed by atoms with Crippen molar-refractivity contribution < 1.29 is 24.0 Å². The Morgan fingerprint density at radius 1 is 1.12 bits per heavy atom. The zero-order valence-corrected chi connectivity index (χ0v) is 18.7. The highest BCUT2D eigenvalue weighted by Crippen LogP contribution is 2.52. The minimum absolute atomic E-state index is 0.00395. The molecule has 1 saturated heterocycles. The number of ether oxygens (including phenoxy) is 2. The Balaban J connectivity index is 1.39. The summed E-state index contributed by atoms with van der Waals surface area (Å²) in [6.07, 6.45) is 6.12. The summed E-state index contributed by atoms with van der Waals surface area (Å²) in [5, 5.41) is 16.8. The van der Waals surface area contributed by atoms with Crippen molar-refractivity contribution >= 4 is 23.7 Å². The van der Waals surface area contributed by atoms with Crippen LogP contribution in [-0.2, 0) is 16.2 Å². The van der Waals surface area contributed by atoms with Crippen LogP contribution in [0.25, 0.3) is 0 Å². The zero-order chi connectivity index (χ0) is 24.0. The van der Waals surface area contributed by atoms with Crippen molar-refractivity contribution in [2.24, 2.45) is 28.8 Å². The molecular weight excluding hydrogens is 438 g/mol. The number of hydrazone groups is 1. The average molecular weight is 461 g/mol. The number of allylic oxidation sites excluding steroid dienone is 2. The van der Waals surface area contributed by atoms with Crippen LogP contribution in [-0.4, -0.2) is 35.1 Å². The Bertz CT molecular complexity index is 1210. The minimum Gasteiger partial charge on any atom is -0.493 e. The summed E-state index contributed by atoms with van der Waals surface area (Å²) in [6, 6.07) is 10.4. The van der Waals surface area contributed by atoms with Crippen LogP contribution in [0.1, 0.15) is 23.1 Å². The number of fused-ring (bicyclic) bond motifs is 5. The molecule has 4 atom stereocenters. The smallest absolute Gasteiger partial charge is 0.315 e. The van der Waals surface area contributed by atoms with E-state index < -0.39 is 4.92 Å². The Morgan fingerprint density at radius 3 is 2.35 bits per heavy atom. The number of nitro benzene ring substituents is 1. The molecule has 0 spiro atoms. The van der Waals surface area contributed by atoms with Gasteiger partial charge < -0.3 is 9.47 Å². The molecule has 2 amide bonds. The summed E-state index contributed by atoms with van der Waals surface area (Å²) in [5.74, 6) is -1.04. The number of hydrogen-bond acceptors (Lipinski definition) is 7. The molecule has 9 heteroatoms. The predicted molar refractivity (Wildman–Crippen MR) is 122 cm³/mol. The first-order valence-electron chi connectivity index (χ1n) is 11.0. The number of nitro groups is 1. The second kappa shape index (κ2) is 8.40. The van der Waals surface area contributed by atoms with Crippen LogP contribution in [0.3, 0.4) is 0 Å². The number of carbonyl (C=O) groups excluding carboxylic acids is 2. The van der Waals surface area contributed by atoms with Gasteiger partial charge in [0.2, 0.25) is 5.75 Å². The summed E-state index contributed by atoms with van der Waals surface area (Å²) in [7, 11) is 1.39. The standard InChI is InChI=1S/C25H23N3O6/c1-14-3-5-15(6-4-14)13-34-23-19(28(31)32)9-16(10-20(23)33-2)12-26-27-24(29)21-17-7-8-18(11-17)22(21)25(27)30/h3-10,12,17-18,21-22H,11,13H2,1-2H3. The molecule has 1 heterocycles. The van der Waals surface area contributed by atoms with Crippen molar-refractivity contribution in [3.63, 3.8) is 0 Å². The van der Waals surface area contributed by atoms with E-state index in [0.29, 0.717) is 5.56 Å². The second-order valence-electron chi connectivity index (χ2n) is 8.84. The quantitative estimate of drug-likeness (QED) is 0.205. The number of methoxy groups -OCH3 is 1. The van der Waals surface area contributed by atoms with Crippen molar-refractivity contribution in [3.05, 3.63) is 75.4 Å². The fourth-order valence-electron chi connectivity index (χ4n) is 5.08. The first kappa shape index (κ1) is 21.8. The number of benzene rings is 2. The van der Waals surface area contributed by atoms with Gasteiger partial charge >= 0.3 is 5.69 Å². The molecule has 4 unspecified atom stereocenters. The third-order valence-corrected chi connectivity index (χ3v) is 6.75. The maximum Gasteiger partial charge on any atom is 0.315 e. The summed E-state index contributed by atoms with van der Waals surface area (Å²) in [4.78, 5) is 36.8. The molecule has 1 aliphatic heterocycles. The van der Waals surface area contributed by atoms with Crippen LogP contribution in [0.15, 0.2) is 53.7 Å². The lowest BCUT2D eigenvalue weighted by molar-refractivity contribution is -0.386. The van der Waals surface area contributed by atoms with Gasteiger partial charge in [0, 0.05) is 11.6 Å². The lowest BCUT2D eigenvalue weighted by atomic mass is 9.85. The molecule has 3 aliphatic rings. The monoisotopic (exact) mass is 461 g/mol. The highest BCUT2D eigenvalue weighted by molar-refractivity contribution is 6.06. The number of carbonyl (C=O) groups is 2. The lowest BCUT2D eigenvalue weighted by Crippen LogP contribution is -2.28. The van der Waals surface area contributed by atoms with E-state index in [1.807, 2.05) is 43.3 Å². The molecule has 2 aliphatic carbocycles. The molecule has 0 radical (unpaired) electrons. The van der Waals surface area contributed by atoms with Gasteiger partial charge in [-0.1, -0.05) is 42.0 Å². The Kier molecular flexibility index (Phi) is 5.39. The molecule has 0 N–H and O–H groups in total. The molecule has 2 fully saturated rings. The van der Waals surface area contributed by atoms with Gasteiger partial charge in [0.15, 0.2) is 5.75 Å². The van der Waals surface area contributed by atoms with E-state index in [0.717, 1.165) is 22.6 Å². The van der Waals surface area contributed by atoms with Crippen LogP contribution in [0.4, 0.5) is 5.69 Å². The molecule has 2 aromatic rings. The molecule has 5 rings (SSSR count). The Hall–Kier alpha value is -4.01. The van der Waals surface area contributed by atoms with Gasteiger partial charge in [-0.15, -0.1) is 0 Å². The van der Waals surface area contributed by atoms with Crippen LogP contribution in [0.5, 0.6) is 11.5 Å². The van der Waals surface area contributed by atoms with Gasteiger partial charge in [0.05, 0.1) is 30.1 Å². The van der Waals surface area contributed by atoms with Crippen LogP contribution < -0.4 is 9.47 Å². The van der Waals surface area contributed by atoms with E-state index in [-0.39, 0.29) is 59.3 Å². The molecule has 2 bridgehead atoms. The Labute approximate surface area is 195 Å². The predicted octanol–water partition coefficient (Wildman–Crippen LogP) is 3.63. The summed E-state index contributed by atoms with van der Waals surface area (Å²) in [6.45, 7) is 2.09. The molecule has 34 heavy (non-hydrogen) atoms. The van der Waals surface area contributed by atoms with Gasteiger partial charge in [-0.3, -0.25) is 19.7 Å². The first-order valence-corrected chi connectivity index (χ1v) is 11.0. The van der Waals surface area contributed by atoms with E-state index >= 15 is 0 Å². The van der Waals surface area contributed by atoms with E-state index in [2.05, 4.69) is 5.10 Å². The highest BCUT2D eigenvalue weighted by atomic mass is 16.6. The maximum atomic E-state index is 12.8. The van der Waals surface area contributed by atoms with E-state index in [9.17, 15) is 19.7 Å². The van der Waals surface area contributed by atoms with Crippen LogP contribution in [0.2, 0.25) is 0 Å². The van der Waals surface area contributed by atoms with Gasteiger partial charge in [0.25, 0.3) is 11.8 Å². The fraction of sp³-hybridized carbons (Fsp3) is 0.320. The lowest BCUT2D eigenvalue weighted by Gasteiger charge is -2.13. The largest absolute Gasteiger partial charge is 0.493 e. The molecule has 0 aromatic heterocycles. The van der Waals surface area contributed by atoms with Crippen molar-refractivity contribution in [2.75, 3.05) is 7.11 Å². The van der Waals surface area contributed by atoms with Crippen molar-refractivity contribution in [3.8, 4) is 11.5 Å². The number of aryl methyl sites for hydroxylation is 1. The number of hydrogen-bond donors (Lipinski definition) is 0. The molecular formula is C25H23N3O6. The molecule has 2 aromatic carbocycles. The topological polar surface area (TPSA) is 111 Å². The third-order valence-electron chi connectivity index (χ3n) is 6.75. The Morgan fingerprint density at radius 2 is 1.76 bits per heavy atom. The maximum absolute atomic E-state index is 12.8. The second-order valence-corrected chi connectivity index (χ2v) is 8.84. The average Bonchev–Trinajstić information content (AvgIpc) is 3.51. The van der Waals surface area contributed by atoms with Crippen LogP contribution >= 0.6 is 0 Å². The molecule has 9 nitrogen and oxygen atoms in total. The number of rotatable bonds is 7. The van der Waals surface area contributed by atoms with Crippen molar-refractivity contribution in [1.29, 1.82) is 0 Å². The zero-order valence-electron chi connectivity index (χ0n) is 18.7. The number of nitrogens with zero attached hydrogens (tertiary/aromatic N) is 3. The summed E-state index contributed by atoms with van der Waals surface area (Å²) >= 11 is 0. The summed E-state index contributed by atoms with van der Waals surface area (Å²) in [5.41, 5.74) is 1.96. The van der Waals surface area contributed by atoms with Crippen LogP contribution in [0, 0.1) is 40.7 Å². The number of imide groups is 1.